The van der Waals surface area contributed by atoms with Crippen molar-refractivity contribution in [3.8, 4) is 16.9 Å². The van der Waals surface area contributed by atoms with Gasteiger partial charge in [-0.05, 0) is 66.1 Å². The molecule has 0 fully saturated rings. The highest BCUT2D eigenvalue weighted by Gasteiger charge is 2.16. The minimum atomic E-state index is -0.223. The number of fused-ring (bicyclic) bond motifs is 3. The maximum Gasteiger partial charge on any atom is 0.248 e. The number of amides is 1. The van der Waals surface area contributed by atoms with Gasteiger partial charge in [-0.25, -0.2) is 0 Å². The Balaban J connectivity index is 1.39. The number of allylic oxidation sites excluding steroid dienone is 1. The molecule has 2 aromatic heterocycles. The number of carbonyl (C=O) groups excluding carboxylic acids is 1. The predicted molar refractivity (Wildman–Crippen MR) is 154 cm³/mol. The smallest absolute Gasteiger partial charge is 0.248 e. The molecule has 0 saturated heterocycles. The molecule has 0 bridgehead atoms. The normalized spacial score (nSPS) is 11.8. The molecule has 0 saturated carbocycles. The van der Waals surface area contributed by atoms with Gasteiger partial charge in [0.05, 0.1) is 24.6 Å². The number of ether oxygens (including phenoxy) is 1. The molecule has 0 aliphatic carbocycles. The molecule has 0 spiro atoms. The highest BCUT2D eigenvalue weighted by Crippen LogP contribution is 2.39. The maximum atomic E-state index is 13.1. The summed E-state index contributed by atoms with van der Waals surface area (Å²) in [5.74, 6) is 0.418. The van der Waals surface area contributed by atoms with Gasteiger partial charge in [0.2, 0.25) is 5.91 Å². The van der Waals surface area contributed by atoms with Crippen molar-refractivity contribution in [3.63, 3.8) is 0 Å². The van der Waals surface area contributed by atoms with Crippen LogP contribution < -0.4 is 10.1 Å². The van der Waals surface area contributed by atoms with E-state index in [4.69, 9.17) is 9.15 Å². The van der Waals surface area contributed by atoms with Crippen LogP contribution in [0.3, 0.4) is 0 Å². The monoisotopic (exact) mass is 498 g/mol. The Morgan fingerprint density at radius 3 is 2.58 bits per heavy atom. The highest BCUT2D eigenvalue weighted by atomic mass is 16.5. The first-order valence-electron chi connectivity index (χ1n) is 12.5. The predicted octanol–water partition coefficient (Wildman–Crippen LogP) is 8.16. The summed E-state index contributed by atoms with van der Waals surface area (Å²) in [5, 5.41) is 7.19. The molecule has 0 radical (unpaired) electrons. The Bertz CT molecular complexity index is 1880. The molecule has 0 unspecified atom stereocenters. The second kappa shape index (κ2) is 9.52. The first-order chi connectivity index (χ1) is 18.5. The number of methoxy groups -OCH3 is 1. The van der Waals surface area contributed by atoms with Gasteiger partial charge < -0.3 is 14.5 Å². The van der Waals surface area contributed by atoms with Gasteiger partial charge in [0, 0.05) is 39.7 Å². The first-order valence-corrected chi connectivity index (χ1v) is 12.5. The number of hydrogen-bond acceptors (Lipinski definition) is 4. The maximum absolute atomic E-state index is 13.1. The Hall–Kier alpha value is -4.90. The summed E-state index contributed by atoms with van der Waals surface area (Å²) in [4.78, 5) is 17.6. The number of anilines is 1. The van der Waals surface area contributed by atoms with Crippen LogP contribution in [0.4, 0.5) is 5.69 Å². The van der Waals surface area contributed by atoms with Crippen molar-refractivity contribution in [2.24, 2.45) is 0 Å². The zero-order chi connectivity index (χ0) is 26.2. The summed E-state index contributed by atoms with van der Waals surface area (Å²) in [5.41, 5.74) is 6.92. The molecule has 5 heteroatoms. The number of furan rings is 1. The van der Waals surface area contributed by atoms with Crippen LogP contribution in [0.15, 0.2) is 102 Å². The van der Waals surface area contributed by atoms with E-state index in [1.807, 2.05) is 68.4 Å². The second-order valence-corrected chi connectivity index (χ2v) is 9.37. The Morgan fingerprint density at radius 1 is 0.895 bits per heavy atom. The van der Waals surface area contributed by atoms with E-state index in [-0.39, 0.29) is 5.91 Å². The van der Waals surface area contributed by atoms with Gasteiger partial charge in [-0.2, -0.15) is 0 Å². The van der Waals surface area contributed by atoms with Gasteiger partial charge >= 0.3 is 0 Å². The van der Waals surface area contributed by atoms with Crippen molar-refractivity contribution in [2.75, 3.05) is 12.4 Å². The summed E-state index contributed by atoms with van der Waals surface area (Å²) in [7, 11) is 1.62. The number of aryl methyl sites for hydroxylation is 1. The average molecular weight is 499 g/mol. The fraction of sp³-hybridized carbons (Fsp3) is 0.0909. The van der Waals surface area contributed by atoms with Gasteiger partial charge in [0.15, 0.2) is 0 Å². The number of nitrogens with one attached hydrogen (secondary N) is 1. The lowest BCUT2D eigenvalue weighted by molar-refractivity contribution is -0.111. The first kappa shape index (κ1) is 23.5. The van der Waals surface area contributed by atoms with Crippen molar-refractivity contribution >= 4 is 49.8 Å². The SMILES string of the molecule is COc1cc2occ(-c3cccc4ccccc34)c2cc1/C(C)=C/C(=O)Nc1cccc2nc(C)ccc12. The molecule has 4 aromatic carbocycles. The van der Waals surface area contributed by atoms with E-state index in [1.54, 1.807) is 19.4 Å². The lowest BCUT2D eigenvalue weighted by atomic mass is 9.96. The molecule has 0 aliphatic heterocycles. The largest absolute Gasteiger partial charge is 0.496 e. The molecule has 6 rings (SSSR count). The fourth-order valence-electron chi connectivity index (χ4n) is 5.01. The van der Waals surface area contributed by atoms with Crippen LogP contribution >= 0.6 is 0 Å². The molecular formula is C33H26N2O3. The van der Waals surface area contributed by atoms with E-state index in [0.717, 1.165) is 60.9 Å². The van der Waals surface area contributed by atoms with Crippen LogP contribution in [0.1, 0.15) is 18.2 Å². The Labute approximate surface area is 220 Å². The van der Waals surface area contributed by atoms with Crippen molar-refractivity contribution in [2.45, 2.75) is 13.8 Å². The van der Waals surface area contributed by atoms with Crippen molar-refractivity contribution in [3.05, 3.63) is 109 Å². The van der Waals surface area contributed by atoms with Crippen LogP contribution in [0.25, 0.3) is 49.3 Å². The molecule has 6 aromatic rings. The molecule has 0 aliphatic rings. The van der Waals surface area contributed by atoms with E-state index in [9.17, 15) is 4.79 Å². The molecule has 1 amide bonds. The van der Waals surface area contributed by atoms with E-state index < -0.39 is 0 Å². The van der Waals surface area contributed by atoms with Gasteiger partial charge in [0.1, 0.15) is 11.3 Å². The standard InChI is InChI=1S/C33H26N2O3/c1-20(16-33(36)35-30-13-7-12-29-25(30)15-14-21(2)34-29)26-17-27-28(19-38-32(27)18-31(26)37-3)24-11-6-9-22-8-4-5-10-23(22)24/h4-19H,1-3H3,(H,35,36)/b20-16+. The number of pyridine rings is 1. The fourth-order valence-corrected chi connectivity index (χ4v) is 5.01. The van der Waals surface area contributed by atoms with Crippen molar-refractivity contribution in [1.29, 1.82) is 0 Å². The van der Waals surface area contributed by atoms with Crippen LogP contribution in [0, 0.1) is 6.92 Å². The Kier molecular flexibility index (Phi) is 5.89. The minimum absolute atomic E-state index is 0.223. The minimum Gasteiger partial charge on any atom is -0.496 e. The van der Waals surface area contributed by atoms with Gasteiger partial charge in [0.25, 0.3) is 0 Å². The van der Waals surface area contributed by atoms with E-state index in [1.165, 1.54) is 5.39 Å². The third-order valence-corrected chi connectivity index (χ3v) is 6.88. The average Bonchev–Trinajstić information content (AvgIpc) is 3.34. The zero-order valence-corrected chi connectivity index (χ0v) is 21.4. The Morgan fingerprint density at radius 2 is 1.71 bits per heavy atom. The number of aromatic nitrogens is 1. The molecule has 2 heterocycles. The quantitative estimate of drug-likeness (QED) is 0.244. The topological polar surface area (TPSA) is 64.4 Å². The van der Waals surface area contributed by atoms with Crippen molar-refractivity contribution < 1.29 is 13.9 Å². The second-order valence-electron chi connectivity index (χ2n) is 9.37. The number of hydrogen-bond donors (Lipinski definition) is 1. The molecular weight excluding hydrogens is 472 g/mol. The van der Waals surface area contributed by atoms with E-state index in [0.29, 0.717) is 5.75 Å². The lowest BCUT2D eigenvalue weighted by Gasteiger charge is -2.11. The number of benzene rings is 4. The molecule has 5 nitrogen and oxygen atoms in total. The molecule has 0 atom stereocenters. The summed E-state index contributed by atoms with van der Waals surface area (Å²) in [6.45, 7) is 3.86. The van der Waals surface area contributed by atoms with Crippen LogP contribution in [-0.2, 0) is 4.79 Å². The highest BCUT2D eigenvalue weighted by molar-refractivity contribution is 6.09. The van der Waals surface area contributed by atoms with E-state index >= 15 is 0 Å². The van der Waals surface area contributed by atoms with Gasteiger partial charge in [-0.3, -0.25) is 9.78 Å². The summed E-state index contributed by atoms with van der Waals surface area (Å²) in [6, 6.07) is 28.1. The van der Waals surface area contributed by atoms with Crippen LogP contribution in [-0.4, -0.2) is 18.0 Å². The number of carbonyl (C=O) groups is 1. The van der Waals surface area contributed by atoms with Gasteiger partial charge in [-0.1, -0.05) is 48.5 Å². The van der Waals surface area contributed by atoms with Crippen molar-refractivity contribution in [1.82, 2.24) is 4.98 Å². The third-order valence-electron chi connectivity index (χ3n) is 6.88. The summed E-state index contributed by atoms with van der Waals surface area (Å²) < 4.78 is 11.6. The molecule has 38 heavy (non-hydrogen) atoms. The van der Waals surface area contributed by atoms with Crippen LogP contribution in [0.5, 0.6) is 5.75 Å². The molecule has 1 N–H and O–H groups in total. The van der Waals surface area contributed by atoms with Gasteiger partial charge in [-0.15, -0.1) is 0 Å². The third kappa shape index (κ3) is 4.18. The van der Waals surface area contributed by atoms with Crippen LogP contribution in [0.2, 0.25) is 0 Å². The van der Waals surface area contributed by atoms with E-state index in [2.05, 4.69) is 40.6 Å². The summed E-state index contributed by atoms with van der Waals surface area (Å²) in [6.07, 6.45) is 3.39. The summed E-state index contributed by atoms with van der Waals surface area (Å²) >= 11 is 0. The number of nitrogens with zero attached hydrogens (tertiary/aromatic N) is 1. The molecule has 186 valence electrons. The zero-order valence-electron chi connectivity index (χ0n) is 21.4. The number of rotatable bonds is 5. The lowest BCUT2D eigenvalue weighted by Crippen LogP contribution is -2.09.